The van der Waals surface area contributed by atoms with Crippen LogP contribution in [0.25, 0.3) is 0 Å². The number of allylic oxidation sites excluding steroid dienone is 1. The van der Waals surface area contributed by atoms with Crippen LogP contribution < -0.4 is 5.32 Å². The zero-order valence-corrected chi connectivity index (χ0v) is 9.78. The van der Waals surface area contributed by atoms with Crippen LogP contribution in [0.3, 0.4) is 0 Å². The van der Waals surface area contributed by atoms with E-state index < -0.39 is 0 Å². The van der Waals surface area contributed by atoms with Gasteiger partial charge in [-0.05, 0) is 31.4 Å². The number of aromatic hydroxyl groups is 1. The minimum absolute atomic E-state index is 0.223. The summed E-state index contributed by atoms with van der Waals surface area (Å²) in [5.74, 6) is 0.468. The summed E-state index contributed by atoms with van der Waals surface area (Å²) >= 11 is 0. The van der Waals surface area contributed by atoms with Gasteiger partial charge in [-0.25, -0.2) is 0 Å². The first kappa shape index (κ1) is 11.7. The van der Waals surface area contributed by atoms with Gasteiger partial charge in [-0.15, -0.1) is 0 Å². The number of phenolic OH excluding ortho intramolecular Hbond substituents is 1. The third kappa shape index (κ3) is 3.34. The smallest absolute Gasteiger partial charge is 0.160 e. The van der Waals surface area contributed by atoms with Gasteiger partial charge in [0.15, 0.2) is 5.78 Å². The van der Waals surface area contributed by atoms with Gasteiger partial charge in [0.25, 0.3) is 0 Å². The van der Waals surface area contributed by atoms with Crippen LogP contribution in [0, 0.1) is 0 Å². The molecule has 1 saturated carbocycles. The Bertz CT molecular complexity index is 438. The molecule has 1 fully saturated rings. The molecule has 0 atom stereocenters. The van der Waals surface area contributed by atoms with Gasteiger partial charge >= 0.3 is 0 Å². The van der Waals surface area contributed by atoms with Crippen LogP contribution in [-0.2, 0) is 4.79 Å². The number of carbonyl (C=O) groups excluding carboxylic acids is 1. The topological polar surface area (TPSA) is 49.3 Å². The van der Waals surface area contributed by atoms with Gasteiger partial charge in [0, 0.05) is 29.9 Å². The molecule has 1 aliphatic rings. The third-order valence-corrected chi connectivity index (χ3v) is 2.97. The second kappa shape index (κ2) is 5.53. The highest BCUT2D eigenvalue weighted by molar-refractivity contribution is 5.95. The first-order valence-electron chi connectivity index (χ1n) is 6.03. The van der Waals surface area contributed by atoms with Gasteiger partial charge in [0.05, 0.1) is 0 Å². The van der Waals surface area contributed by atoms with Crippen molar-refractivity contribution in [2.45, 2.75) is 32.1 Å². The maximum atomic E-state index is 11.7. The molecular formula is C14H17NO2. The summed E-state index contributed by atoms with van der Waals surface area (Å²) in [6, 6.07) is 6.89. The van der Waals surface area contributed by atoms with Crippen molar-refractivity contribution >= 4 is 11.5 Å². The molecule has 90 valence electrons. The summed E-state index contributed by atoms with van der Waals surface area (Å²) in [7, 11) is 0. The highest BCUT2D eigenvalue weighted by atomic mass is 16.3. The largest absolute Gasteiger partial charge is 0.508 e. The lowest BCUT2D eigenvalue weighted by Gasteiger charge is -2.05. The molecule has 3 nitrogen and oxygen atoms in total. The molecule has 2 N–H and O–H groups in total. The van der Waals surface area contributed by atoms with Crippen molar-refractivity contribution < 1.29 is 9.90 Å². The molecule has 0 radical (unpaired) electrons. The summed E-state index contributed by atoms with van der Waals surface area (Å²) in [6.07, 6.45) is 6.51. The quantitative estimate of drug-likeness (QED) is 0.607. The SMILES string of the molecule is O=C1CCCCC/C1=C\Nc1cccc(O)c1. The predicted molar refractivity (Wildman–Crippen MR) is 67.9 cm³/mol. The fraction of sp³-hybridized carbons (Fsp3) is 0.357. The van der Waals surface area contributed by atoms with Crippen LogP contribution in [0.15, 0.2) is 36.0 Å². The highest BCUT2D eigenvalue weighted by Crippen LogP contribution is 2.20. The summed E-state index contributed by atoms with van der Waals surface area (Å²) < 4.78 is 0. The second-order valence-corrected chi connectivity index (χ2v) is 4.35. The van der Waals surface area contributed by atoms with E-state index in [1.54, 1.807) is 24.4 Å². The number of rotatable bonds is 2. The van der Waals surface area contributed by atoms with E-state index in [2.05, 4.69) is 5.32 Å². The Morgan fingerprint density at radius 1 is 1.18 bits per heavy atom. The fourth-order valence-electron chi connectivity index (χ4n) is 2.00. The van der Waals surface area contributed by atoms with E-state index in [0.717, 1.165) is 36.9 Å². The Kier molecular flexibility index (Phi) is 3.81. The molecule has 0 aliphatic heterocycles. The Morgan fingerprint density at radius 3 is 2.82 bits per heavy atom. The molecule has 3 heteroatoms. The monoisotopic (exact) mass is 231 g/mol. The number of benzene rings is 1. The number of nitrogens with one attached hydrogen (secondary N) is 1. The molecule has 0 amide bonds. The van der Waals surface area contributed by atoms with Crippen molar-refractivity contribution in [2.75, 3.05) is 5.32 Å². The van der Waals surface area contributed by atoms with Gasteiger partial charge in [-0.2, -0.15) is 0 Å². The minimum atomic E-state index is 0.223. The van der Waals surface area contributed by atoms with E-state index in [4.69, 9.17) is 0 Å². The Hall–Kier alpha value is -1.77. The summed E-state index contributed by atoms with van der Waals surface area (Å²) in [5, 5.41) is 12.4. The molecule has 0 aromatic heterocycles. The zero-order chi connectivity index (χ0) is 12.1. The summed E-state index contributed by atoms with van der Waals surface area (Å²) in [4.78, 5) is 11.7. The van der Waals surface area contributed by atoms with Gasteiger partial charge in [0.2, 0.25) is 0 Å². The normalized spacial score (nSPS) is 19.1. The van der Waals surface area contributed by atoms with Gasteiger partial charge in [-0.1, -0.05) is 12.5 Å². The fourth-order valence-corrected chi connectivity index (χ4v) is 2.00. The minimum Gasteiger partial charge on any atom is -0.508 e. The third-order valence-electron chi connectivity index (χ3n) is 2.97. The van der Waals surface area contributed by atoms with E-state index >= 15 is 0 Å². The second-order valence-electron chi connectivity index (χ2n) is 4.35. The predicted octanol–water partition coefficient (Wildman–Crippen LogP) is 3.22. The lowest BCUT2D eigenvalue weighted by molar-refractivity contribution is -0.115. The zero-order valence-electron chi connectivity index (χ0n) is 9.78. The Balaban J connectivity index is 2.06. The van der Waals surface area contributed by atoms with Crippen molar-refractivity contribution in [3.8, 4) is 5.75 Å². The lowest BCUT2D eigenvalue weighted by Crippen LogP contribution is -2.02. The van der Waals surface area contributed by atoms with Gasteiger partial charge < -0.3 is 10.4 Å². The van der Waals surface area contributed by atoms with Crippen LogP contribution in [0.2, 0.25) is 0 Å². The maximum Gasteiger partial charge on any atom is 0.160 e. The summed E-state index contributed by atoms with van der Waals surface area (Å²) in [6.45, 7) is 0. The molecule has 1 aromatic carbocycles. The number of ketones is 1. The average Bonchev–Trinajstić information content (AvgIpc) is 2.52. The molecule has 1 aliphatic carbocycles. The van der Waals surface area contributed by atoms with Crippen LogP contribution in [-0.4, -0.2) is 10.9 Å². The number of carbonyl (C=O) groups is 1. The first-order chi connectivity index (χ1) is 8.25. The van der Waals surface area contributed by atoms with E-state index in [-0.39, 0.29) is 11.5 Å². The van der Waals surface area contributed by atoms with Crippen LogP contribution in [0.5, 0.6) is 5.75 Å². The number of anilines is 1. The van der Waals surface area contributed by atoms with Crippen molar-refractivity contribution in [1.29, 1.82) is 0 Å². The van der Waals surface area contributed by atoms with E-state index in [1.165, 1.54) is 0 Å². The van der Waals surface area contributed by atoms with E-state index in [9.17, 15) is 9.90 Å². The van der Waals surface area contributed by atoms with E-state index in [0.29, 0.717) is 6.42 Å². The molecule has 1 aromatic rings. The lowest BCUT2D eigenvalue weighted by atomic mass is 10.1. The van der Waals surface area contributed by atoms with Gasteiger partial charge in [-0.3, -0.25) is 4.79 Å². The van der Waals surface area contributed by atoms with Crippen molar-refractivity contribution in [3.63, 3.8) is 0 Å². The first-order valence-corrected chi connectivity index (χ1v) is 6.03. The number of Topliss-reactive ketones (excluding diaryl/α,β-unsaturated/α-hetero) is 1. The Labute approximate surface area is 101 Å². The summed E-state index contributed by atoms with van der Waals surface area (Å²) in [5.41, 5.74) is 1.67. The maximum absolute atomic E-state index is 11.7. The molecule has 17 heavy (non-hydrogen) atoms. The van der Waals surface area contributed by atoms with Crippen molar-refractivity contribution in [2.24, 2.45) is 0 Å². The van der Waals surface area contributed by atoms with Crippen LogP contribution >= 0.6 is 0 Å². The molecular weight excluding hydrogens is 214 g/mol. The van der Waals surface area contributed by atoms with Crippen molar-refractivity contribution in [3.05, 3.63) is 36.0 Å². The molecule has 0 spiro atoms. The Morgan fingerprint density at radius 2 is 2.00 bits per heavy atom. The molecule has 0 bridgehead atoms. The number of hydrogen-bond donors (Lipinski definition) is 2. The number of phenols is 1. The molecule has 0 unspecified atom stereocenters. The standard InChI is InChI=1S/C14H17NO2/c16-13-7-4-6-12(9-13)15-10-11-5-2-1-3-8-14(11)17/h4,6-7,9-10,15-16H,1-3,5,8H2/b11-10+. The van der Waals surface area contributed by atoms with Crippen LogP contribution in [0.4, 0.5) is 5.69 Å². The van der Waals surface area contributed by atoms with Crippen molar-refractivity contribution in [1.82, 2.24) is 0 Å². The average molecular weight is 231 g/mol. The van der Waals surface area contributed by atoms with Gasteiger partial charge in [0.1, 0.15) is 5.75 Å². The highest BCUT2D eigenvalue weighted by Gasteiger charge is 2.12. The molecule has 2 rings (SSSR count). The number of hydrogen-bond acceptors (Lipinski definition) is 3. The van der Waals surface area contributed by atoms with Crippen LogP contribution in [0.1, 0.15) is 32.1 Å². The molecule has 0 saturated heterocycles. The van der Waals surface area contributed by atoms with E-state index in [1.807, 2.05) is 6.07 Å². The molecule has 0 heterocycles.